The summed E-state index contributed by atoms with van der Waals surface area (Å²) in [4.78, 5) is 7.20. The van der Waals surface area contributed by atoms with Gasteiger partial charge in [0.15, 0.2) is 5.96 Å². The molecule has 5 nitrogen and oxygen atoms in total. The lowest BCUT2D eigenvalue weighted by molar-refractivity contribution is 0.370. The monoisotopic (exact) mass is 415 g/mol. The van der Waals surface area contributed by atoms with Crippen LogP contribution in [0.15, 0.2) is 71.7 Å². The number of hydrogen-bond donors (Lipinski definition) is 1. The normalized spacial score (nSPS) is 15.0. The smallest absolute Gasteiger partial charge is 0.192 e. The Balaban J connectivity index is 1.75. The highest BCUT2D eigenvalue weighted by Crippen LogP contribution is 2.40. The van der Waals surface area contributed by atoms with E-state index < -0.39 is 5.54 Å². The first-order valence-corrected chi connectivity index (χ1v) is 10.4. The molecule has 160 valence electrons. The molecular weight excluding hydrogens is 386 g/mol. The van der Waals surface area contributed by atoms with Crippen molar-refractivity contribution < 1.29 is 9.47 Å². The largest absolute Gasteiger partial charge is 0.497 e. The summed E-state index contributed by atoms with van der Waals surface area (Å²) in [5.74, 6) is 2.18. The van der Waals surface area contributed by atoms with Crippen molar-refractivity contribution in [3.63, 3.8) is 0 Å². The molecule has 4 rings (SSSR count). The fraction of sp³-hybridized carbons (Fsp3) is 0.269. The highest BCUT2D eigenvalue weighted by molar-refractivity contribution is 5.82. The average Bonchev–Trinajstić information content (AvgIpc) is 3.13. The summed E-state index contributed by atoms with van der Waals surface area (Å²) in [6, 6.07) is 22.7. The molecule has 0 saturated carbocycles. The number of guanidine groups is 1. The van der Waals surface area contributed by atoms with Gasteiger partial charge < -0.3 is 20.1 Å². The zero-order valence-corrected chi connectivity index (χ0v) is 18.6. The minimum Gasteiger partial charge on any atom is -0.497 e. The van der Waals surface area contributed by atoms with Gasteiger partial charge in [-0.2, -0.15) is 0 Å². The van der Waals surface area contributed by atoms with Crippen LogP contribution >= 0.6 is 0 Å². The van der Waals surface area contributed by atoms with Crippen LogP contribution in [0.25, 0.3) is 0 Å². The summed E-state index contributed by atoms with van der Waals surface area (Å²) < 4.78 is 10.7. The van der Waals surface area contributed by atoms with Gasteiger partial charge in [-0.05, 0) is 60.4 Å². The third-order valence-corrected chi connectivity index (χ3v) is 6.05. The molecule has 31 heavy (non-hydrogen) atoms. The number of benzene rings is 3. The third-order valence-electron chi connectivity index (χ3n) is 6.05. The molecule has 0 amide bonds. The van der Waals surface area contributed by atoms with Gasteiger partial charge in [0.05, 0.1) is 20.8 Å². The summed E-state index contributed by atoms with van der Waals surface area (Å²) in [5.41, 5.74) is 11.8. The fourth-order valence-corrected chi connectivity index (χ4v) is 4.18. The molecule has 1 heterocycles. The number of aryl methyl sites for hydroxylation is 2. The second-order valence-electron chi connectivity index (χ2n) is 8.07. The summed E-state index contributed by atoms with van der Waals surface area (Å²) in [6.45, 7) is 5.63. The van der Waals surface area contributed by atoms with Crippen molar-refractivity contribution >= 4 is 5.96 Å². The van der Waals surface area contributed by atoms with Crippen molar-refractivity contribution in [1.29, 1.82) is 0 Å². The molecule has 0 saturated heterocycles. The highest BCUT2D eigenvalue weighted by atomic mass is 16.5. The minimum atomic E-state index is -0.597. The lowest BCUT2D eigenvalue weighted by atomic mass is 9.83. The summed E-state index contributed by atoms with van der Waals surface area (Å²) in [6.07, 6.45) is 0. The van der Waals surface area contributed by atoms with Crippen LogP contribution in [-0.2, 0) is 12.1 Å². The first-order chi connectivity index (χ1) is 14.9. The molecular formula is C26H29N3O2. The molecule has 0 radical (unpaired) electrons. The molecule has 0 fully saturated rings. The van der Waals surface area contributed by atoms with Crippen LogP contribution in [0, 0.1) is 13.8 Å². The Morgan fingerprint density at radius 1 is 0.871 bits per heavy atom. The maximum absolute atomic E-state index is 6.50. The Morgan fingerprint density at radius 3 is 1.94 bits per heavy atom. The lowest BCUT2D eigenvalue weighted by Crippen LogP contribution is -2.37. The first kappa shape index (κ1) is 20.8. The van der Waals surface area contributed by atoms with E-state index in [9.17, 15) is 0 Å². The number of rotatable bonds is 6. The molecule has 0 aliphatic carbocycles. The average molecular weight is 416 g/mol. The number of methoxy groups -OCH3 is 2. The van der Waals surface area contributed by atoms with Crippen molar-refractivity contribution in [2.45, 2.75) is 25.9 Å². The molecule has 1 aliphatic heterocycles. The van der Waals surface area contributed by atoms with Crippen molar-refractivity contribution in [3.8, 4) is 11.5 Å². The molecule has 0 bridgehead atoms. The van der Waals surface area contributed by atoms with Gasteiger partial charge in [-0.1, -0.05) is 48.0 Å². The van der Waals surface area contributed by atoms with E-state index in [4.69, 9.17) is 20.2 Å². The Hall–Kier alpha value is -3.47. The van der Waals surface area contributed by atoms with E-state index in [0.29, 0.717) is 12.5 Å². The van der Waals surface area contributed by atoms with E-state index in [2.05, 4.69) is 61.2 Å². The van der Waals surface area contributed by atoms with Crippen LogP contribution in [-0.4, -0.2) is 31.6 Å². The quantitative estimate of drug-likeness (QED) is 0.648. The summed E-state index contributed by atoms with van der Waals surface area (Å²) in [5, 5.41) is 0. The Labute approximate surface area is 184 Å². The first-order valence-electron chi connectivity index (χ1n) is 10.4. The van der Waals surface area contributed by atoms with Crippen LogP contribution in [0.4, 0.5) is 0 Å². The molecule has 2 N–H and O–H groups in total. The topological polar surface area (TPSA) is 60.1 Å². The van der Waals surface area contributed by atoms with Gasteiger partial charge in [0.2, 0.25) is 0 Å². The van der Waals surface area contributed by atoms with Crippen LogP contribution in [0.5, 0.6) is 11.5 Å². The van der Waals surface area contributed by atoms with Gasteiger partial charge >= 0.3 is 0 Å². The number of hydrogen-bond acceptors (Lipinski definition) is 5. The fourth-order valence-electron chi connectivity index (χ4n) is 4.18. The lowest BCUT2D eigenvalue weighted by Gasteiger charge is -2.29. The zero-order valence-electron chi connectivity index (χ0n) is 18.6. The molecule has 5 heteroatoms. The Bertz CT molecular complexity index is 1040. The predicted molar refractivity (Wildman–Crippen MR) is 125 cm³/mol. The summed E-state index contributed by atoms with van der Waals surface area (Å²) in [7, 11) is 3.34. The maximum Gasteiger partial charge on any atom is 0.192 e. The standard InChI is InChI=1S/C26H29N3O2/c1-18-5-6-19(2)20(15-18)16-29-17-26(28-25(29)27,21-7-11-23(30-3)12-8-21)22-9-13-24(31-4)14-10-22/h5-15H,16-17H2,1-4H3,(H2,27,28). The van der Waals surface area contributed by atoms with Gasteiger partial charge in [0.1, 0.15) is 17.0 Å². The molecule has 0 spiro atoms. The van der Waals surface area contributed by atoms with Gasteiger partial charge in [-0.25, -0.2) is 4.99 Å². The number of nitrogens with zero attached hydrogens (tertiary/aromatic N) is 2. The Morgan fingerprint density at radius 2 is 1.42 bits per heavy atom. The van der Waals surface area contributed by atoms with Crippen LogP contribution in [0.1, 0.15) is 27.8 Å². The van der Waals surface area contributed by atoms with Crippen LogP contribution < -0.4 is 15.2 Å². The van der Waals surface area contributed by atoms with Crippen molar-refractivity contribution in [2.75, 3.05) is 20.8 Å². The molecule has 0 aromatic heterocycles. The van der Waals surface area contributed by atoms with Crippen molar-refractivity contribution in [1.82, 2.24) is 4.90 Å². The molecule has 3 aromatic rings. The van der Waals surface area contributed by atoms with E-state index in [0.717, 1.165) is 29.2 Å². The molecule has 3 aromatic carbocycles. The number of ether oxygens (including phenoxy) is 2. The van der Waals surface area contributed by atoms with E-state index in [1.165, 1.54) is 16.7 Å². The van der Waals surface area contributed by atoms with E-state index >= 15 is 0 Å². The second kappa shape index (κ2) is 8.34. The Kier molecular flexibility index (Phi) is 5.59. The SMILES string of the molecule is COc1ccc(C2(c3ccc(OC)cc3)CN(Cc3cc(C)ccc3C)C(N)=N2)cc1. The predicted octanol–water partition coefficient (Wildman–Crippen LogP) is 4.39. The second-order valence-corrected chi connectivity index (χ2v) is 8.07. The van der Waals surface area contributed by atoms with Crippen molar-refractivity contribution in [2.24, 2.45) is 10.7 Å². The van der Waals surface area contributed by atoms with Gasteiger partial charge in [-0.15, -0.1) is 0 Å². The van der Waals surface area contributed by atoms with E-state index in [1.54, 1.807) is 14.2 Å². The molecule has 0 atom stereocenters. The number of aliphatic imine (C=N–C) groups is 1. The van der Waals surface area contributed by atoms with Gasteiger partial charge in [-0.3, -0.25) is 0 Å². The van der Waals surface area contributed by atoms with Crippen LogP contribution in [0.2, 0.25) is 0 Å². The van der Waals surface area contributed by atoms with Gasteiger partial charge in [0, 0.05) is 6.54 Å². The molecule has 1 aliphatic rings. The number of nitrogens with two attached hydrogens (primary N) is 1. The van der Waals surface area contributed by atoms with E-state index in [-0.39, 0.29) is 0 Å². The van der Waals surface area contributed by atoms with Gasteiger partial charge in [0.25, 0.3) is 0 Å². The third kappa shape index (κ3) is 3.96. The zero-order chi connectivity index (χ0) is 22.0. The van der Waals surface area contributed by atoms with E-state index in [1.807, 2.05) is 24.3 Å². The maximum atomic E-state index is 6.50. The van der Waals surface area contributed by atoms with Crippen molar-refractivity contribution in [3.05, 3.63) is 94.5 Å². The summed E-state index contributed by atoms with van der Waals surface area (Å²) >= 11 is 0. The minimum absolute atomic E-state index is 0.549. The molecule has 0 unspecified atom stereocenters. The highest BCUT2D eigenvalue weighted by Gasteiger charge is 2.42. The van der Waals surface area contributed by atoms with Crippen LogP contribution in [0.3, 0.4) is 0 Å².